The summed E-state index contributed by atoms with van der Waals surface area (Å²) in [5.41, 5.74) is 3.67. The first-order valence-electron chi connectivity index (χ1n) is 10.8. The van der Waals surface area contributed by atoms with Crippen molar-refractivity contribution in [1.29, 1.82) is 0 Å². The molecule has 9 heteroatoms. The number of allylic oxidation sites excluding steroid dienone is 1. The Bertz CT molecular complexity index is 1220. The number of thiocarbonyl (C=S) groups is 1. The fraction of sp³-hybridized carbons (Fsp3) is 0.292. The van der Waals surface area contributed by atoms with Gasteiger partial charge in [-0.3, -0.25) is 0 Å². The maximum Gasteiger partial charge on any atom is 0.258 e. The Hall–Kier alpha value is -3.59. The number of aromatic nitrogens is 2. The van der Waals surface area contributed by atoms with Crippen molar-refractivity contribution in [2.75, 3.05) is 19.9 Å². The average Bonchev–Trinajstić information content (AvgIpc) is 3.49. The van der Waals surface area contributed by atoms with E-state index in [1.165, 1.54) is 0 Å². The van der Waals surface area contributed by atoms with Gasteiger partial charge in [0.25, 0.3) is 5.89 Å². The summed E-state index contributed by atoms with van der Waals surface area (Å²) in [6.07, 6.45) is 0. The topological polar surface area (TPSA) is 81.9 Å². The molecule has 0 fully saturated rings. The number of hydrogen-bond acceptors (Lipinski definition) is 7. The van der Waals surface area contributed by atoms with Crippen molar-refractivity contribution < 1.29 is 18.7 Å². The van der Waals surface area contributed by atoms with Gasteiger partial charge in [0.2, 0.25) is 12.6 Å². The van der Waals surface area contributed by atoms with Gasteiger partial charge in [-0.05, 0) is 68.9 Å². The zero-order valence-corrected chi connectivity index (χ0v) is 19.4. The molecule has 5 rings (SSSR count). The molecule has 0 saturated heterocycles. The molecule has 3 heterocycles. The van der Waals surface area contributed by atoms with Crippen LogP contribution in [0.4, 0.5) is 0 Å². The van der Waals surface area contributed by atoms with Crippen molar-refractivity contribution in [2.45, 2.75) is 26.8 Å². The molecule has 3 aromatic rings. The minimum absolute atomic E-state index is 0.213. The standard InChI is InChI=1S/C24H24N4O4S/c1-4-28-14(3)20(21(25-24(28)33)15-6-9-17(10-7-15)29-5-2)23-26-22(27-32-23)16-8-11-18-19(12-16)31-13-30-18/h6-12,21H,4-5,13H2,1-3H3,(H,25,33). The van der Waals surface area contributed by atoms with Gasteiger partial charge in [0.1, 0.15) is 5.75 Å². The Balaban J connectivity index is 1.54. The molecule has 0 amide bonds. The van der Waals surface area contributed by atoms with E-state index in [4.69, 9.17) is 35.9 Å². The van der Waals surface area contributed by atoms with Crippen molar-refractivity contribution in [3.63, 3.8) is 0 Å². The molecule has 1 atom stereocenters. The van der Waals surface area contributed by atoms with Crippen LogP contribution in [0.1, 0.15) is 38.3 Å². The minimum Gasteiger partial charge on any atom is -0.494 e. The van der Waals surface area contributed by atoms with Crippen LogP contribution in [0.2, 0.25) is 0 Å². The second kappa shape index (κ2) is 8.74. The van der Waals surface area contributed by atoms with Gasteiger partial charge in [0.15, 0.2) is 16.6 Å². The van der Waals surface area contributed by atoms with Crippen LogP contribution in [0.5, 0.6) is 17.2 Å². The molecule has 0 radical (unpaired) electrons. The number of nitrogens with one attached hydrogen (secondary N) is 1. The van der Waals surface area contributed by atoms with Crippen LogP contribution in [-0.2, 0) is 0 Å². The number of benzene rings is 2. The monoisotopic (exact) mass is 464 g/mol. The third-order valence-corrected chi connectivity index (χ3v) is 6.06. The molecule has 1 aromatic heterocycles. The molecular weight excluding hydrogens is 440 g/mol. The molecule has 0 spiro atoms. The second-order valence-corrected chi connectivity index (χ2v) is 8.01. The SMILES string of the molecule is CCOc1ccc(C2NC(=S)N(CC)C(C)=C2c2nc(-c3ccc4c(c3)OCO4)no2)cc1. The van der Waals surface area contributed by atoms with Crippen molar-refractivity contribution >= 4 is 22.9 Å². The fourth-order valence-electron chi connectivity index (χ4n) is 4.10. The second-order valence-electron chi connectivity index (χ2n) is 7.62. The lowest BCUT2D eigenvalue weighted by Crippen LogP contribution is -2.45. The average molecular weight is 465 g/mol. The highest BCUT2D eigenvalue weighted by atomic mass is 32.1. The third-order valence-electron chi connectivity index (χ3n) is 5.72. The zero-order chi connectivity index (χ0) is 22.9. The number of ether oxygens (including phenoxy) is 3. The largest absolute Gasteiger partial charge is 0.494 e. The van der Waals surface area contributed by atoms with Gasteiger partial charge in [-0.1, -0.05) is 17.3 Å². The molecule has 1 N–H and O–H groups in total. The molecule has 8 nitrogen and oxygen atoms in total. The summed E-state index contributed by atoms with van der Waals surface area (Å²) >= 11 is 5.64. The molecule has 0 bridgehead atoms. The van der Waals surface area contributed by atoms with Gasteiger partial charge >= 0.3 is 0 Å². The van der Waals surface area contributed by atoms with E-state index in [0.29, 0.717) is 34.9 Å². The Labute approximate surface area is 197 Å². The maximum atomic E-state index is 5.76. The number of nitrogens with zero attached hydrogens (tertiary/aromatic N) is 3. The van der Waals surface area contributed by atoms with Gasteiger partial charge in [-0.15, -0.1) is 0 Å². The summed E-state index contributed by atoms with van der Waals surface area (Å²) in [5, 5.41) is 8.34. The Morgan fingerprint density at radius 3 is 2.67 bits per heavy atom. The molecular formula is C24H24N4O4S. The molecule has 33 heavy (non-hydrogen) atoms. The lowest BCUT2D eigenvalue weighted by Gasteiger charge is -2.36. The van der Waals surface area contributed by atoms with E-state index < -0.39 is 0 Å². The van der Waals surface area contributed by atoms with Crippen LogP contribution in [0.25, 0.3) is 17.0 Å². The highest BCUT2D eigenvalue weighted by molar-refractivity contribution is 7.80. The molecule has 2 aliphatic rings. The van der Waals surface area contributed by atoms with Crippen LogP contribution >= 0.6 is 12.2 Å². The van der Waals surface area contributed by atoms with Crippen molar-refractivity contribution in [3.05, 3.63) is 59.6 Å². The number of fused-ring (bicyclic) bond motifs is 1. The molecule has 170 valence electrons. The van der Waals surface area contributed by atoms with E-state index in [0.717, 1.165) is 34.7 Å². The zero-order valence-electron chi connectivity index (χ0n) is 18.6. The van der Waals surface area contributed by atoms with Crippen LogP contribution in [-0.4, -0.2) is 40.1 Å². The van der Waals surface area contributed by atoms with Crippen LogP contribution in [0.3, 0.4) is 0 Å². The van der Waals surface area contributed by atoms with Crippen LogP contribution < -0.4 is 19.5 Å². The van der Waals surface area contributed by atoms with E-state index in [-0.39, 0.29) is 12.8 Å². The molecule has 1 unspecified atom stereocenters. The quantitative estimate of drug-likeness (QED) is 0.529. The van der Waals surface area contributed by atoms with E-state index in [9.17, 15) is 0 Å². The predicted octanol–water partition coefficient (Wildman–Crippen LogP) is 4.55. The Morgan fingerprint density at radius 1 is 1.12 bits per heavy atom. The van der Waals surface area contributed by atoms with Gasteiger partial charge < -0.3 is 29.0 Å². The van der Waals surface area contributed by atoms with E-state index >= 15 is 0 Å². The van der Waals surface area contributed by atoms with Crippen molar-refractivity contribution in [1.82, 2.24) is 20.4 Å². The lowest BCUT2D eigenvalue weighted by atomic mass is 9.94. The molecule has 2 aromatic carbocycles. The van der Waals surface area contributed by atoms with Gasteiger partial charge in [0, 0.05) is 17.8 Å². The number of hydrogen-bond donors (Lipinski definition) is 1. The number of rotatable bonds is 6. The summed E-state index contributed by atoms with van der Waals surface area (Å²) in [7, 11) is 0. The van der Waals surface area contributed by atoms with Crippen molar-refractivity contribution in [3.8, 4) is 28.6 Å². The summed E-state index contributed by atoms with van der Waals surface area (Å²) < 4.78 is 22.2. The third kappa shape index (κ3) is 3.89. The smallest absolute Gasteiger partial charge is 0.258 e. The summed E-state index contributed by atoms with van der Waals surface area (Å²) in [6, 6.07) is 13.3. The Morgan fingerprint density at radius 2 is 1.91 bits per heavy atom. The first kappa shape index (κ1) is 21.3. The first-order valence-corrected chi connectivity index (χ1v) is 11.3. The Kier molecular flexibility index (Phi) is 5.63. The first-order chi connectivity index (χ1) is 16.1. The van der Waals surface area contributed by atoms with Gasteiger partial charge in [-0.2, -0.15) is 4.98 Å². The van der Waals surface area contributed by atoms with E-state index in [1.54, 1.807) is 0 Å². The minimum atomic E-state index is -0.235. The van der Waals surface area contributed by atoms with E-state index in [1.807, 2.05) is 61.2 Å². The fourth-order valence-corrected chi connectivity index (χ4v) is 4.48. The normalized spacial score (nSPS) is 17.4. The molecule has 2 aliphatic heterocycles. The summed E-state index contributed by atoms with van der Waals surface area (Å²) in [6.45, 7) is 7.60. The van der Waals surface area contributed by atoms with E-state index in [2.05, 4.69) is 17.4 Å². The summed E-state index contributed by atoms with van der Waals surface area (Å²) in [4.78, 5) is 6.76. The highest BCUT2D eigenvalue weighted by Gasteiger charge is 2.33. The van der Waals surface area contributed by atoms with Crippen molar-refractivity contribution in [2.24, 2.45) is 0 Å². The maximum absolute atomic E-state index is 5.76. The molecule has 0 aliphatic carbocycles. The van der Waals surface area contributed by atoms with Crippen LogP contribution in [0, 0.1) is 0 Å². The van der Waals surface area contributed by atoms with Gasteiger partial charge in [-0.25, -0.2) is 0 Å². The highest BCUT2D eigenvalue weighted by Crippen LogP contribution is 2.39. The van der Waals surface area contributed by atoms with Gasteiger partial charge in [0.05, 0.1) is 18.2 Å². The van der Waals surface area contributed by atoms with Crippen LogP contribution in [0.15, 0.2) is 52.7 Å². The lowest BCUT2D eigenvalue weighted by molar-refractivity contribution is 0.174. The molecule has 0 saturated carbocycles. The predicted molar refractivity (Wildman–Crippen MR) is 127 cm³/mol. The summed E-state index contributed by atoms with van der Waals surface area (Å²) in [5.74, 6) is 3.11.